The van der Waals surface area contributed by atoms with Crippen molar-refractivity contribution in [2.75, 3.05) is 13.1 Å². The van der Waals surface area contributed by atoms with E-state index in [9.17, 15) is 4.79 Å². The van der Waals surface area contributed by atoms with Gasteiger partial charge in [0.2, 0.25) is 5.91 Å². The van der Waals surface area contributed by atoms with E-state index in [2.05, 4.69) is 38.2 Å². The Morgan fingerprint density at radius 3 is 2.80 bits per heavy atom. The summed E-state index contributed by atoms with van der Waals surface area (Å²) in [6, 6.07) is 8.30. The highest BCUT2D eigenvalue weighted by Gasteiger charge is 2.30. The second-order valence-electron chi connectivity index (χ2n) is 5.83. The maximum Gasteiger partial charge on any atom is 0.240 e. The number of carbonyl (C=O) groups excluding carboxylic acids is 1. The Hall–Kier alpha value is -1.35. The standard InChI is InChI=1S/C17H26N2O/c1-4-19(12-15-10-6-5-8-13(15)2)17(20)16-14(3)9-7-11-18-16/h5-6,8,10,14,16,18H,4,7,9,11-12H2,1-3H3. The number of rotatable bonds is 4. The minimum absolute atomic E-state index is 0.00674. The average molecular weight is 274 g/mol. The Bertz CT molecular complexity index is 458. The van der Waals surface area contributed by atoms with E-state index < -0.39 is 0 Å². The first-order chi connectivity index (χ1) is 9.63. The molecule has 1 aliphatic heterocycles. The molecule has 1 fully saturated rings. The number of nitrogens with zero attached hydrogens (tertiary/aromatic N) is 1. The SMILES string of the molecule is CCN(Cc1ccccc1C)C(=O)C1NCCCC1C. The van der Waals surface area contributed by atoms with Gasteiger partial charge in [0, 0.05) is 13.1 Å². The van der Waals surface area contributed by atoms with Gasteiger partial charge in [-0.1, -0.05) is 31.2 Å². The summed E-state index contributed by atoms with van der Waals surface area (Å²) in [5.41, 5.74) is 2.49. The molecule has 110 valence electrons. The Balaban J connectivity index is 2.07. The summed E-state index contributed by atoms with van der Waals surface area (Å²) < 4.78 is 0. The van der Waals surface area contributed by atoms with Crippen molar-refractivity contribution in [3.05, 3.63) is 35.4 Å². The maximum absolute atomic E-state index is 12.7. The number of aryl methyl sites for hydroxylation is 1. The minimum atomic E-state index is -0.00674. The molecule has 3 nitrogen and oxygen atoms in total. The quantitative estimate of drug-likeness (QED) is 0.915. The Kier molecular flexibility index (Phi) is 5.18. The molecule has 2 rings (SSSR count). The monoisotopic (exact) mass is 274 g/mol. The number of carbonyl (C=O) groups is 1. The van der Waals surface area contributed by atoms with Crippen LogP contribution in [0.2, 0.25) is 0 Å². The lowest BCUT2D eigenvalue weighted by molar-refractivity contribution is -0.135. The van der Waals surface area contributed by atoms with E-state index in [1.165, 1.54) is 17.5 Å². The normalized spacial score (nSPS) is 22.6. The molecule has 0 spiro atoms. The van der Waals surface area contributed by atoms with Gasteiger partial charge >= 0.3 is 0 Å². The lowest BCUT2D eigenvalue weighted by Gasteiger charge is -2.33. The van der Waals surface area contributed by atoms with Crippen LogP contribution in [0.5, 0.6) is 0 Å². The van der Waals surface area contributed by atoms with E-state index >= 15 is 0 Å². The minimum Gasteiger partial charge on any atom is -0.337 e. The molecule has 1 aliphatic rings. The van der Waals surface area contributed by atoms with Gasteiger partial charge in [-0.25, -0.2) is 0 Å². The molecule has 1 aromatic carbocycles. The summed E-state index contributed by atoms with van der Waals surface area (Å²) in [5.74, 6) is 0.685. The Morgan fingerprint density at radius 2 is 2.15 bits per heavy atom. The van der Waals surface area contributed by atoms with Gasteiger partial charge in [-0.2, -0.15) is 0 Å². The summed E-state index contributed by atoms with van der Waals surface area (Å²) in [6.07, 6.45) is 2.32. The third-order valence-corrected chi connectivity index (χ3v) is 4.35. The van der Waals surface area contributed by atoms with Gasteiger partial charge in [0.15, 0.2) is 0 Å². The van der Waals surface area contributed by atoms with Crippen LogP contribution < -0.4 is 5.32 Å². The third kappa shape index (κ3) is 3.40. The number of piperidine rings is 1. The van der Waals surface area contributed by atoms with E-state index in [-0.39, 0.29) is 11.9 Å². The van der Waals surface area contributed by atoms with Gasteiger partial charge in [0.1, 0.15) is 0 Å². The smallest absolute Gasteiger partial charge is 0.240 e. The van der Waals surface area contributed by atoms with Gasteiger partial charge in [-0.3, -0.25) is 4.79 Å². The largest absolute Gasteiger partial charge is 0.337 e. The maximum atomic E-state index is 12.7. The molecule has 2 atom stereocenters. The van der Waals surface area contributed by atoms with E-state index in [1.54, 1.807) is 0 Å². The molecule has 0 radical (unpaired) electrons. The molecule has 1 saturated heterocycles. The summed E-state index contributed by atoms with van der Waals surface area (Å²) in [7, 11) is 0. The first kappa shape index (κ1) is 15.0. The number of nitrogens with one attached hydrogen (secondary N) is 1. The van der Waals surface area contributed by atoms with Crippen LogP contribution in [0.4, 0.5) is 0 Å². The molecule has 1 N–H and O–H groups in total. The van der Waals surface area contributed by atoms with Crippen LogP contribution in [0.1, 0.15) is 37.8 Å². The van der Waals surface area contributed by atoms with E-state index in [1.807, 2.05) is 17.0 Å². The first-order valence-corrected chi connectivity index (χ1v) is 7.70. The van der Waals surface area contributed by atoms with Crippen LogP contribution >= 0.6 is 0 Å². The molecule has 0 aromatic heterocycles. The average Bonchev–Trinajstić information content (AvgIpc) is 2.46. The van der Waals surface area contributed by atoms with Gasteiger partial charge in [-0.05, 0) is 50.3 Å². The Labute approximate surface area is 122 Å². The van der Waals surface area contributed by atoms with E-state index in [0.717, 1.165) is 19.5 Å². The fourth-order valence-electron chi connectivity index (χ4n) is 2.92. The van der Waals surface area contributed by atoms with Crippen LogP contribution in [0.15, 0.2) is 24.3 Å². The van der Waals surface area contributed by atoms with Crippen LogP contribution in [0.25, 0.3) is 0 Å². The summed E-state index contributed by atoms with van der Waals surface area (Å²) in [6.45, 7) is 8.78. The zero-order chi connectivity index (χ0) is 14.5. The van der Waals surface area contributed by atoms with Crippen molar-refractivity contribution in [1.29, 1.82) is 0 Å². The summed E-state index contributed by atoms with van der Waals surface area (Å²) >= 11 is 0. The number of benzene rings is 1. The van der Waals surface area contributed by atoms with Crippen molar-refractivity contribution < 1.29 is 4.79 Å². The molecular weight excluding hydrogens is 248 g/mol. The van der Waals surface area contributed by atoms with Gasteiger partial charge in [-0.15, -0.1) is 0 Å². The highest BCUT2D eigenvalue weighted by atomic mass is 16.2. The topological polar surface area (TPSA) is 32.3 Å². The van der Waals surface area contributed by atoms with Crippen molar-refractivity contribution >= 4 is 5.91 Å². The summed E-state index contributed by atoms with van der Waals surface area (Å²) in [4.78, 5) is 14.7. The second kappa shape index (κ2) is 6.89. The second-order valence-corrected chi connectivity index (χ2v) is 5.83. The molecule has 1 amide bonds. The molecule has 20 heavy (non-hydrogen) atoms. The van der Waals surface area contributed by atoms with Crippen molar-refractivity contribution in [2.45, 2.75) is 46.2 Å². The highest BCUT2D eigenvalue weighted by Crippen LogP contribution is 2.19. The zero-order valence-electron chi connectivity index (χ0n) is 12.9. The number of hydrogen-bond acceptors (Lipinski definition) is 2. The molecule has 0 saturated carbocycles. The van der Waals surface area contributed by atoms with Gasteiger partial charge < -0.3 is 10.2 Å². The molecule has 0 bridgehead atoms. The van der Waals surface area contributed by atoms with E-state index in [0.29, 0.717) is 12.5 Å². The number of amides is 1. The lowest BCUT2D eigenvalue weighted by atomic mass is 9.91. The molecule has 2 unspecified atom stereocenters. The van der Waals surface area contributed by atoms with E-state index in [4.69, 9.17) is 0 Å². The Morgan fingerprint density at radius 1 is 1.40 bits per heavy atom. The third-order valence-electron chi connectivity index (χ3n) is 4.35. The molecule has 1 heterocycles. The van der Waals surface area contributed by atoms with Crippen molar-refractivity contribution in [3.8, 4) is 0 Å². The number of likely N-dealkylation sites (N-methyl/N-ethyl adjacent to an activating group) is 1. The summed E-state index contributed by atoms with van der Waals surface area (Å²) in [5, 5.41) is 3.39. The molecule has 1 aromatic rings. The van der Waals surface area contributed by atoms with Crippen LogP contribution in [-0.4, -0.2) is 29.9 Å². The van der Waals surface area contributed by atoms with Gasteiger partial charge in [0.25, 0.3) is 0 Å². The molecule has 3 heteroatoms. The fourth-order valence-corrected chi connectivity index (χ4v) is 2.92. The fraction of sp³-hybridized carbons (Fsp3) is 0.588. The van der Waals surface area contributed by atoms with Crippen molar-refractivity contribution in [2.24, 2.45) is 5.92 Å². The molecular formula is C17H26N2O. The zero-order valence-corrected chi connectivity index (χ0v) is 12.9. The van der Waals surface area contributed by atoms with Crippen LogP contribution in [0.3, 0.4) is 0 Å². The van der Waals surface area contributed by atoms with Gasteiger partial charge in [0.05, 0.1) is 6.04 Å². The predicted molar refractivity (Wildman–Crippen MR) is 82.5 cm³/mol. The first-order valence-electron chi connectivity index (χ1n) is 7.70. The highest BCUT2D eigenvalue weighted by molar-refractivity contribution is 5.82. The van der Waals surface area contributed by atoms with Crippen molar-refractivity contribution in [1.82, 2.24) is 10.2 Å². The number of hydrogen-bond donors (Lipinski definition) is 1. The van der Waals surface area contributed by atoms with Crippen molar-refractivity contribution in [3.63, 3.8) is 0 Å². The van der Waals surface area contributed by atoms with Crippen LogP contribution in [-0.2, 0) is 11.3 Å². The molecule has 0 aliphatic carbocycles. The predicted octanol–water partition coefficient (Wildman–Crippen LogP) is 2.73. The lowest BCUT2D eigenvalue weighted by Crippen LogP contribution is -2.52. The van der Waals surface area contributed by atoms with Crippen LogP contribution in [0, 0.1) is 12.8 Å².